The lowest BCUT2D eigenvalue weighted by Crippen LogP contribution is -2.24. The molecule has 0 spiro atoms. The Hall–Kier alpha value is -2.82. The Bertz CT molecular complexity index is 654. The summed E-state index contributed by atoms with van der Waals surface area (Å²) in [5.74, 6) is 1.09. The second kappa shape index (κ2) is 8.58. The number of benzene rings is 2. The summed E-state index contributed by atoms with van der Waals surface area (Å²) in [5, 5.41) is 3.91. The largest absolute Gasteiger partial charge is 0.491 e. The molecule has 0 radical (unpaired) electrons. The Morgan fingerprint density at radius 2 is 1.87 bits per heavy atom. The van der Waals surface area contributed by atoms with E-state index < -0.39 is 0 Å². The van der Waals surface area contributed by atoms with Gasteiger partial charge < -0.3 is 9.47 Å². The van der Waals surface area contributed by atoms with Crippen LogP contribution in [0.2, 0.25) is 0 Å². The third-order valence-electron chi connectivity index (χ3n) is 2.75. The summed E-state index contributed by atoms with van der Waals surface area (Å²) in [5.41, 5.74) is 3.27. The Morgan fingerprint density at radius 3 is 2.61 bits per heavy atom. The standard InChI is InChI=1S/C18H20N2O3/c1-14(2)23-17-10-6-7-15(11-17)12-19-20-18(21)13-22-16-8-4-3-5-9-16/h3-12,14H,13H2,1-2H3,(H,20,21)/b19-12+. The van der Waals surface area contributed by atoms with E-state index in [0.717, 1.165) is 11.3 Å². The molecule has 2 rings (SSSR count). The fourth-order valence-corrected chi connectivity index (χ4v) is 1.82. The lowest BCUT2D eigenvalue weighted by atomic mass is 10.2. The maximum atomic E-state index is 11.6. The van der Waals surface area contributed by atoms with Crippen LogP contribution in [0.4, 0.5) is 0 Å². The van der Waals surface area contributed by atoms with E-state index in [2.05, 4.69) is 10.5 Å². The van der Waals surface area contributed by atoms with E-state index >= 15 is 0 Å². The van der Waals surface area contributed by atoms with Crippen molar-refractivity contribution in [2.75, 3.05) is 6.61 Å². The van der Waals surface area contributed by atoms with Crippen LogP contribution in [-0.4, -0.2) is 24.8 Å². The van der Waals surface area contributed by atoms with Crippen molar-refractivity contribution in [3.63, 3.8) is 0 Å². The highest BCUT2D eigenvalue weighted by Crippen LogP contribution is 2.13. The number of nitrogens with one attached hydrogen (secondary N) is 1. The molecular formula is C18H20N2O3. The molecule has 0 aliphatic rings. The summed E-state index contributed by atoms with van der Waals surface area (Å²) in [6.07, 6.45) is 1.67. The number of rotatable bonds is 7. The SMILES string of the molecule is CC(C)Oc1cccc(/C=N/NC(=O)COc2ccccc2)c1. The maximum absolute atomic E-state index is 11.6. The van der Waals surface area contributed by atoms with Crippen molar-refractivity contribution in [3.8, 4) is 11.5 Å². The Morgan fingerprint density at radius 1 is 1.13 bits per heavy atom. The van der Waals surface area contributed by atoms with Gasteiger partial charge >= 0.3 is 0 Å². The lowest BCUT2D eigenvalue weighted by molar-refractivity contribution is -0.123. The van der Waals surface area contributed by atoms with Crippen molar-refractivity contribution < 1.29 is 14.3 Å². The molecule has 120 valence electrons. The number of amides is 1. The van der Waals surface area contributed by atoms with E-state index in [1.54, 1.807) is 18.3 Å². The highest BCUT2D eigenvalue weighted by atomic mass is 16.5. The van der Waals surface area contributed by atoms with Gasteiger partial charge in [-0.3, -0.25) is 4.79 Å². The molecule has 1 amide bonds. The van der Waals surface area contributed by atoms with Gasteiger partial charge in [0.2, 0.25) is 0 Å². The van der Waals surface area contributed by atoms with Gasteiger partial charge in [0.05, 0.1) is 12.3 Å². The minimum atomic E-state index is -0.320. The molecule has 0 aliphatic carbocycles. The Balaban J connectivity index is 1.80. The van der Waals surface area contributed by atoms with Gasteiger partial charge in [-0.25, -0.2) is 5.43 Å². The van der Waals surface area contributed by atoms with E-state index in [-0.39, 0.29) is 18.6 Å². The molecule has 2 aromatic carbocycles. The predicted octanol–water partition coefficient (Wildman–Crippen LogP) is 3.00. The van der Waals surface area contributed by atoms with Crippen LogP contribution < -0.4 is 14.9 Å². The van der Waals surface area contributed by atoms with Gasteiger partial charge in [-0.15, -0.1) is 0 Å². The van der Waals surface area contributed by atoms with Gasteiger partial charge in [0.1, 0.15) is 11.5 Å². The molecule has 0 bridgehead atoms. The smallest absolute Gasteiger partial charge is 0.277 e. The molecule has 0 saturated carbocycles. The van der Waals surface area contributed by atoms with E-state index in [4.69, 9.17) is 9.47 Å². The van der Waals surface area contributed by atoms with Gasteiger partial charge in [0.25, 0.3) is 5.91 Å². The average Bonchev–Trinajstić information content (AvgIpc) is 2.54. The van der Waals surface area contributed by atoms with Crippen molar-refractivity contribution >= 4 is 12.1 Å². The molecule has 5 nitrogen and oxygen atoms in total. The molecule has 1 N–H and O–H groups in total. The second-order valence-electron chi connectivity index (χ2n) is 5.13. The third-order valence-corrected chi connectivity index (χ3v) is 2.75. The molecule has 0 heterocycles. The first-order valence-electron chi connectivity index (χ1n) is 7.40. The summed E-state index contributed by atoms with van der Waals surface area (Å²) in [7, 11) is 0. The van der Waals surface area contributed by atoms with Crippen LogP contribution >= 0.6 is 0 Å². The first-order chi connectivity index (χ1) is 11.1. The van der Waals surface area contributed by atoms with Crippen molar-refractivity contribution in [2.24, 2.45) is 5.10 Å². The van der Waals surface area contributed by atoms with Crippen LogP contribution in [0, 0.1) is 0 Å². The van der Waals surface area contributed by atoms with Gasteiger partial charge in [-0.05, 0) is 43.7 Å². The van der Waals surface area contributed by atoms with Crippen molar-refractivity contribution in [1.82, 2.24) is 5.43 Å². The Kier molecular flexibility index (Phi) is 6.17. The van der Waals surface area contributed by atoms with Gasteiger partial charge in [0, 0.05) is 0 Å². The summed E-state index contributed by atoms with van der Waals surface area (Å²) in [6.45, 7) is 3.85. The summed E-state index contributed by atoms with van der Waals surface area (Å²) in [4.78, 5) is 11.6. The molecule has 0 unspecified atom stereocenters. The lowest BCUT2D eigenvalue weighted by Gasteiger charge is -2.09. The zero-order valence-corrected chi connectivity index (χ0v) is 13.2. The highest BCUT2D eigenvalue weighted by molar-refractivity contribution is 5.83. The second-order valence-corrected chi connectivity index (χ2v) is 5.13. The van der Waals surface area contributed by atoms with Gasteiger partial charge in [-0.1, -0.05) is 30.3 Å². The number of carbonyl (C=O) groups excluding carboxylic acids is 1. The topological polar surface area (TPSA) is 59.9 Å². The van der Waals surface area contributed by atoms with Crippen molar-refractivity contribution in [1.29, 1.82) is 0 Å². The van der Waals surface area contributed by atoms with Crippen LogP contribution in [0.25, 0.3) is 0 Å². The van der Waals surface area contributed by atoms with E-state index in [0.29, 0.717) is 5.75 Å². The number of para-hydroxylation sites is 1. The molecule has 0 atom stereocenters. The summed E-state index contributed by atoms with van der Waals surface area (Å²) < 4.78 is 10.9. The number of carbonyl (C=O) groups is 1. The quantitative estimate of drug-likeness (QED) is 0.631. The number of nitrogens with zero attached hydrogens (tertiary/aromatic N) is 1. The minimum Gasteiger partial charge on any atom is -0.491 e. The summed E-state index contributed by atoms with van der Waals surface area (Å²) >= 11 is 0. The zero-order valence-electron chi connectivity index (χ0n) is 13.2. The number of hydrazone groups is 1. The normalized spacial score (nSPS) is 10.7. The number of hydrogen-bond donors (Lipinski definition) is 1. The van der Waals surface area contributed by atoms with E-state index in [1.165, 1.54) is 0 Å². The molecule has 0 aromatic heterocycles. The minimum absolute atomic E-state index is 0.0855. The third kappa shape index (κ3) is 6.22. The molecule has 23 heavy (non-hydrogen) atoms. The fourth-order valence-electron chi connectivity index (χ4n) is 1.82. The fraction of sp³-hybridized carbons (Fsp3) is 0.222. The van der Waals surface area contributed by atoms with Crippen LogP contribution in [0.15, 0.2) is 59.7 Å². The monoisotopic (exact) mass is 312 g/mol. The van der Waals surface area contributed by atoms with Gasteiger partial charge in [0.15, 0.2) is 6.61 Å². The molecule has 0 fully saturated rings. The van der Waals surface area contributed by atoms with Gasteiger partial charge in [-0.2, -0.15) is 5.10 Å². The number of hydrogen-bond acceptors (Lipinski definition) is 4. The zero-order chi connectivity index (χ0) is 16.5. The predicted molar refractivity (Wildman–Crippen MR) is 89.9 cm³/mol. The molecular weight excluding hydrogens is 292 g/mol. The van der Waals surface area contributed by atoms with Crippen LogP contribution in [0.3, 0.4) is 0 Å². The molecule has 0 aliphatic heterocycles. The van der Waals surface area contributed by atoms with Crippen LogP contribution in [0.1, 0.15) is 19.4 Å². The first kappa shape index (κ1) is 16.5. The van der Waals surface area contributed by atoms with Crippen molar-refractivity contribution in [3.05, 3.63) is 60.2 Å². The van der Waals surface area contributed by atoms with Crippen molar-refractivity contribution in [2.45, 2.75) is 20.0 Å². The maximum Gasteiger partial charge on any atom is 0.277 e. The molecule has 0 saturated heterocycles. The van der Waals surface area contributed by atoms with Crippen LogP contribution in [-0.2, 0) is 4.79 Å². The average molecular weight is 312 g/mol. The molecule has 2 aromatic rings. The highest BCUT2D eigenvalue weighted by Gasteiger charge is 2.01. The first-order valence-corrected chi connectivity index (χ1v) is 7.40. The summed E-state index contributed by atoms with van der Waals surface area (Å²) in [6, 6.07) is 16.6. The molecule has 5 heteroatoms. The van der Waals surface area contributed by atoms with E-state index in [9.17, 15) is 4.79 Å². The Labute approximate surface area is 135 Å². The van der Waals surface area contributed by atoms with E-state index in [1.807, 2.05) is 56.3 Å². The van der Waals surface area contributed by atoms with Crippen LogP contribution in [0.5, 0.6) is 11.5 Å². The number of ether oxygens (including phenoxy) is 2.